The van der Waals surface area contributed by atoms with Gasteiger partial charge in [0, 0.05) is 6.42 Å². The molecule has 0 rings (SSSR count). The number of carbonyl (C=O) groups is 3. The maximum Gasteiger partial charge on any atom is 0.343 e. The van der Waals surface area contributed by atoms with E-state index < -0.39 is 49.8 Å². The van der Waals surface area contributed by atoms with Gasteiger partial charge in [0.05, 0.1) is 19.6 Å². The number of aliphatic hydroxyl groups is 2. The molecule has 8 heteroatoms. The molecule has 2 unspecified atom stereocenters. The second-order valence-corrected chi connectivity index (χ2v) is 8.75. The Kier molecular flexibility index (Phi) is 21.3. The molecule has 0 aromatic carbocycles. The third kappa shape index (κ3) is 20.8. The average Bonchev–Trinajstić information content (AvgIpc) is 2.78. The van der Waals surface area contributed by atoms with E-state index in [4.69, 9.17) is 14.9 Å². The Morgan fingerprint density at radius 1 is 0.758 bits per heavy atom. The fraction of sp³-hybridized carbons (Fsp3) is 0.880. The van der Waals surface area contributed by atoms with Crippen LogP contribution in [-0.2, 0) is 23.9 Å². The third-order valence-electron chi connectivity index (χ3n) is 5.52. The van der Waals surface area contributed by atoms with Gasteiger partial charge < -0.3 is 24.8 Å². The molecule has 33 heavy (non-hydrogen) atoms. The van der Waals surface area contributed by atoms with E-state index in [9.17, 15) is 19.5 Å². The number of unbranched alkanes of at least 4 members (excludes halogenated alkanes) is 14. The minimum atomic E-state index is -1.51. The zero-order chi connectivity index (χ0) is 24.7. The van der Waals surface area contributed by atoms with Gasteiger partial charge in [0.15, 0.2) is 6.10 Å². The Morgan fingerprint density at radius 3 is 1.64 bits per heavy atom. The van der Waals surface area contributed by atoms with Crippen LogP contribution in [-0.4, -0.2) is 58.6 Å². The van der Waals surface area contributed by atoms with Crippen LogP contribution in [0.15, 0.2) is 0 Å². The van der Waals surface area contributed by atoms with Crippen LogP contribution in [0, 0.1) is 0 Å². The highest BCUT2D eigenvalue weighted by molar-refractivity contribution is 5.89. The average molecular weight is 475 g/mol. The Balaban J connectivity index is 3.71. The van der Waals surface area contributed by atoms with Crippen molar-refractivity contribution in [2.75, 3.05) is 13.2 Å². The summed E-state index contributed by atoms with van der Waals surface area (Å²) < 4.78 is 9.67. The monoisotopic (exact) mass is 474 g/mol. The minimum Gasteiger partial charge on any atom is -0.481 e. The van der Waals surface area contributed by atoms with Crippen LogP contribution in [0.3, 0.4) is 0 Å². The van der Waals surface area contributed by atoms with Crippen molar-refractivity contribution in [3.05, 3.63) is 0 Å². The van der Waals surface area contributed by atoms with Gasteiger partial charge in [0.25, 0.3) is 0 Å². The first-order chi connectivity index (χ1) is 15.9. The Morgan fingerprint density at radius 2 is 1.21 bits per heavy atom. The van der Waals surface area contributed by atoms with Gasteiger partial charge in [-0.1, -0.05) is 96.8 Å². The summed E-state index contributed by atoms with van der Waals surface area (Å²) in [6.07, 6.45) is 14.8. The van der Waals surface area contributed by atoms with Crippen LogP contribution in [0.2, 0.25) is 0 Å². The van der Waals surface area contributed by atoms with Crippen molar-refractivity contribution in [3.63, 3.8) is 0 Å². The van der Waals surface area contributed by atoms with Crippen LogP contribution in [0.4, 0.5) is 0 Å². The largest absolute Gasteiger partial charge is 0.481 e. The molecule has 0 saturated heterocycles. The fourth-order valence-electron chi connectivity index (χ4n) is 3.52. The molecule has 2 atom stereocenters. The van der Waals surface area contributed by atoms with E-state index in [2.05, 4.69) is 11.7 Å². The summed E-state index contributed by atoms with van der Waals surface area (Å²) in [5.41, 5.74) is 0. The minimum absolute atomic E-state index is 0.0864. The van der Waals surface area contributed by atoms with Gasteiger partial charge in [-0.3, -0.25) is 9.59 Å². The maximum atomic E-state index is 12.0. The number of carboxylic acid groups (broad SMARTS) is 1. The summed E-state index contributed by atoms with van der Waals surface area (Å²) >= 11 is 0. The van der Waals surface area contributed by atoms with E-state index >= 15 is 0 Å². The van der Waals surface area contributed by atoms with Crippen molar-refractivity contribution in [1.29, 1.82) is 0 Å². The lowest BCUT2D eigenvalue weighted by Gasteiger charge is -2.16. The lowest BCUT2D eigenvalue weighted by molar-refractivity contribution is -0.172. The third-order valence-corrected chi connectivity index (χ3v) is 5.52. The summed E-state index contributed by atoms with van der Waals surface area (Å²) in [6, 6.07) is 0. The molecule has 0 aliphatic carbocycles. The van der Waals surface area contributed by atoms with Crippen molar-refractivity contribution in [2.45, 2.75) is 128 Å². The molecule has 0 aromatic heterocycles. The molecule has 0 aliphatic heterocycles. The van der Waals surface area contributed by atoms with Crippen molar-refractivity contribution in [1.82, 2.24) is 0 Å². The molecule has 0 amide bonds. The normalized spacial score (nSPS) is 12.9. The number of hydrogen-bond acceptors (Lipinski definition) is 7. The SMILES string of the molecule is CCCCCCCCCCCCCCCCCC(=O)OC(=O)C(CC(=O)O)OCC(O)CO. The molecule has 194 valence electrons. The molecular formula is C25H46O8. The van der Waals surface area contributed by atoms with Crippen LogP contribution < -0.4 is 0 Å². The summed E-state index contributed by atoms with van der Waals surface area (Å²) in [5.74, 6) is -3.10. The lowest BCUT2D eigenvalue weighted by atomic mass is 10.0. The first-order valence-electron chi connectivity index (χ1n) is 12.8. The number of esters is 2. The molecular weight excluding hydrogens is 428 g/mol. The molecule has 0 aliphatic rings. The van der Waals surface area contributed by atoms with Crippen molar-refractivity contribution in [2.24, 2.45) is 0 Å². The molecule has 0 radical (unpaired) electrons. The molecule has 0 spiro atoms. The van der Waals surface area contributed by atoms with E-state index in [0.717, 1.165) is 19.3 Å². The fourth-order valence-corrected chi connectivity index (χ4v) is 3.52. The molecule has 0 fully saturated rings. The number of carboxylic acids is 1. The number of hydrogen-bond donors (Lipinski definition) is 3. The second-order valence-electron chi connectivity index (χ2n) is 8.75. The Labute approximate surface area is 199 Å². The van der Waals surface area contributed by atoms with Gasteiger partial charge in [-0.15, -0.1) is 0 Å². The Hall–Kier alpha value is -1.51. The number of ether oxygens (including phenoxy) is 2. The van der Waals surface area contributed by atoms with Crippen molar-refractivity contribution >= 4 is 17.9 Å². The van der Waals surface area contributed by atoms with Crippen molar-refractivity contribution < 1.29 is 39.2 Å². The van der Waals surface area contributed by atoms with Gasteiger partial charge >= 0.3 is 17.9 Å². The van der Waals surface area contributed by atoms with E-state index in [-0.39, 0.29) is 6.42 Å². The van der Waals surface area contributed by atoms with Crippen LogP contribution >= 0.6 is 0 Å². The number of carbonyl (C=O) groups excluding carboxylic acids is 2. The van der Waals surface area contributed by atoms with Gasteiger partial charge in [-0.2, -0.15) is 0 Å². The summed E-state index contributed by atoms with van der Waals surface area (Å²) in [5, 5.41) is 26.9. The number of rotatable bonds is 23. The molecule has 0 saturated carbocycles. The zero-order valence-electron chi connectivity index (χ0n) is 20.5. The predicted molar refractivity (Wildman–Crippen MR) is 126 cm³/mol. The number of aliphatic carboxylic acids is 1. The number of aliphatic hydroxyl groups excluding tert-OH is 2. The zero-order valence-corrected chi connectivity index (χ0v) is 20.5. The van der Waals surface area contributed by atoms with E-state index in [1.165, 1.54) is 70.6 Å². The highest BCUT2D eigenvalue weighted by atomic mass is 16.6. The second kappa shape index (κ2) is 22.3. The molecule has 0 aromatic rings. The van der Waals surface area contributed by atoms with Crippen molar-refractivity contribution in [3.8, 4) is 0 Å². The van der Waals surface area contributed by atoms with Gasteiger partial charge in [0.2, 0.25) is 0 Å². The highest BCUT2D eigenvalue weighted by Gasteiger charge is 2.27. The van der Waals surface area contributed by atoms with Crippen LogP contribution in [0.5, 0.6) is 0 Å². The van der Waals surface area contributed by atoms with E-state index in [1.807, 2.05) is 0 Å². The smallest absolute Gasteiger partial charge is 0.343 e. The topological polar surface area (TPSA) is 130 Å². The highest BCUT2D eigenvalue weighted by Crippen LogP contribution is 2.14. The summed E-state index contributed by atoms with van der Waals surface area (Å²) in [6.45, 7) is 1.22. The maximum absolute atomic E-state index is 12.0. The quantitative estimate of drug-likeness (QED) is 0.112. The van der Waals surface area contributed by atoms with Crippen LogP contribution in [0.1, 0.15) is 116 Å². The predicted octanol–water partition coefficient (Wildman–Crippen LogP) is 4.53. The van der Waals surface area contributed by atoms with Crippen LogP contribution in [0.25, 0.3) is 0 Å². The van der Waals surface area contributed by atoms with E-state index in [0.29, 0.717) is 6.42 Å². The van der Waals surface area contributed by atoms with Gasteiger partial charge in [0.1, 0.15) is 6.10 Å². The van der Waals surface area contributed by atoms with E-state index in [1.54, 1.807) is 0 Å². The molecule has 0 heterocycles. The summed E-state index contributed by atoms with van der Waals surface area (Å²) in [4.78, 5) is 34.7. The first-order valence-corrected chi connectivity index (χ1v) is 12.8. The van der Waals surface area contributed by atoms with Gasteiger partial charge in [-0.25, -0.2) is 4.79 Å². The standard InChI is InChI=1S/C25H46O8/c1-2-3-4-5-6-7-8-9-10-11-12-13-14-15-16-17-24(30)33-25(31)22(18-23(28)29)32-20-21(27)19-26/h21-22,26-27H,2-20H2,1H3,(H,28,29). The molecule has 8 nitrogen and oxygen atoms in total. The molecule has 3 N–H and O–H groups in total. The van der Waals surface area contributed by atoms with Gasteiger partial charge in [-0.05, 0) is 6.42 Å². The summed E-state index contributed by atoms with van der Waals surface area (Å²) in [7, 11) is 0. The molecule has 0 bridgehead atoms. The first kappa shape index (κ1) is 31.5. The Bertz CT molecular complexity index is 509. The lowest BCUT2D eigenvalue weighted by Crippen LogP contribution is -2.34.